The van der Waals surface area contributed by atoms with E-state index in [4.69, 9.17) is 0 Å². The molecule has 1 atom stereocenters. The molecule has 1 amide bonds. The Balaban J connectivity index is 1.50. The van der Waals surface area contributed by atoms with Gasteiger partial charge in [0.1, 0.15) is 6.33 Å². The number of hydrogen-bond acceptors (Lipinski definition) is 4. The van der Waals surface area contributed by atoms with E-state index in [0.29, 0.717) is 31.1 Å². The Kier molecular flexibility index (Phi) is 5.61. The number of carbonyl (C=O) groups excluding carboxylic acids is 1. The summed E-state index contributed by atoms with van der Waals surface area (Å²) in [5.74, 6) is 1.10. The lowest BCUT2D eigenvalue weighted by Crippen LogP contribution is -2.25. The summed E-state index contributed by atoms with van der Waals surface area (Å²) >= 11 is 0. The number of fused-ring (bicyclic) bond motifs is 1. The highest BCUT2D eigenvalue weighted by Gasteiger charge is 2.13. The fourth-order valence-electron chi connectivity index (χ4n) is 3.22. The highest BCUT2D eigenvalue weighted by molar-refractivity contribution is 5.76. The zero-order valence-corrected chi connectivity index (χ0v) is 15.6. The molecule has 0 fully saturated rings. The highest BCUT2D eigenvalue weighted by atomic mass is 16.1. The molecule has 2 heterocycles. The first-order valence-corrected chi connectivity index (χ1v) is 9.03. The Labute approximate surface area is 153 Å². The molecule has 0 aliphatic rings. The largest absolute Gasteiger partial charge is 0.356 e. The van der Waals surface area contributed by atoms with Gasteiger partial charge in [-0.1, -0.05) is 37.3 Å². The molecule has 6 nitrogen and oxygen atoms in total. The number of benzene rings is 1. The average Bonchev–Trinajstić information content (AvgIpc) is 3.10. The third-order valence-corrected chi connectivity index (χ3v) is 4.86. The predicted octanol–water partition coefficient (Wildman–Crippen LogP) is 2.98. The molecule has 0 aliphatic heterocycles. The normalized spacial score (nSPS) is 12.3. The van der Waals surface area contributed by atoms with E-state index in [-0.39, 0.29) is 5.91 Å². The molecule has 1 aromatic carbocycles. The minimum absolute atomic E-state index is 0.0720. The van der Waals surface area contributed by atoms with Crippen LogP contribution in [0.25, 0.3) is 5.78 Å². The van der Waals surface area contributed by atoms with Gasteiger partial charge in [0, 0.05) is 24.4 Å². The average molecular weight is 351 g/mol. The van der Waals surface area contributed by atoms with Crippen LogP contribution in [0.1, 0.15) is 48.2 Å². The van der Waals surface area contributed by atoms with Gasteiger partial charge in [-0.3, -0.25) is 4.79 Å². The van der Waals surface area contributed by atoms with Gasteiger partial charge in [-0.15, -0.1) is 0 Å². The zero-order chi connectivity index (χ0) is 18.5. The number of rotatable bonds is 7. The standard InChI is InChI=1S/C20H25N5O/c1-14(17-7-5-4-6-8-17)11-12-21-19(26)10-9-18-15(2)24-20-22-13-23-25(20)16(18)3/h4-8,13-14H,9-12H2,1-3H3,(H,21,26)/t14-/m1/s1. The summed E-state index contributed by atoms with van der Waals surface area (Å²) in [5, 5.41) is 7.22. The summed E-state index contributed by atoms with van der Waals surface area (Å²) < 4.78 is 1.72. The van der Waals surface area contributed by atoms with Crippen LogP contribution < -0.4 is 5.32 Å². The third-order valence-electron chi connectivity index (χ3n) is 4.86. The van der Waals surface area contributed by atoms with Crippen LogP contribution >= 0.6 is 0 Å². The molecule has 0 unspecified atom stereocenters. The van der Waals surface area contributed by atoms with Crippen LogP contribution in [-0.2, 0) is 11.2 Å². The van der Waals surface area contributed by atoms with Gasteiger partial charge in [-0.05, 0) is 43.7 Å². The quantitative estimate of drug-likeness (QED) is 0.710. The van der Waals surface area contributed by atoms with Crippen LogP contribution in [0.5, 0.6) is 0 Å². The maximum Gasteiger partial charge on any atom is 0.252 e. The van der Waals surface area contributed by atoms with E-state index in [1.54, 1.807) is 4.52 Å². The van der Waals surface area contributed by atoms with E-state index >= 15 is 0 Å². The molecular weight excluding hydrogens is 326 g/mol. The molecule has 0 saturated heterocycles. The van der Waals surface area contributed by atoms with Gasteiger partial charge in [0.25, 0.3) is 5.78 Å². The summed E-state index contributed by atoms with van der Waals surface area (Å²) in [7, 11) is 0. The smallest absolute Gasteiger partial charge is 0.252 e. The Bertz CT molecular complexity index is 888. The van der Waals surface area contributed by atoms with Crippen molar-refractivity contribution in [3.05, 3.63) is 59.2 Å². The number of nitrogens with zero attached hydrogens (tertiary/aromatic N) is 4. The van der Waals surface area contributed by atoms with Gasteiger partial charge in [0.2, 0.25) is 5.91 Å². The van der Waals surface area contributed by atoms with Crippen molar-refractivity contribution in [2.75, 3.05) is 6.54 Å². The second-order valence-electron chi connectivity index (χ2n) is 6.68. The van der Waals surface area contributed by atoms with E-state index in [1.165, 1.54) is 11.9 Å². The number of nitrogens with one attached hydrogen (secondary N) is 1. The summed E-state index contributed by atoms with van der Waals surface area (Å²) in [6.45, 7) is 6.82. The maximum absolute atomic E-state index is 12.2. The van der Waals surface area contributed by atoms with Gasteiger partial charge in [0.05, 0.1) is 0 Å². The summed E-state index contributed by atoms with van der Waals surface area (Å²) in [6.07, 6.45) is 3.53. The third kappa shape index (κ3) is 4.07. The molecule has 26 heavy (non-hydrogen) atoms. The first-order valence-electron chi connectivity index (χ1n) is 9.03. The molecule has 0 radical (unpaired) electrons. The SMILES string of the molecule is Cc1nc2ncnn2c(C)c1CCC(=O)NCC[C@@H](C)c1ccccc1. The highest BCUT2D eigenvalue weighted by Crippen LogP contribution is 2.18. The number of aryl methyl sites for hydroxylation is 2. The number of carbonyl (C=O) groups is 1. The van der Waals surface area contributed by atoms with Crippen LogP contribution in [0.15, 0.2) is 36.7 Å². The molecule has 1 N–H and O–H groups in total. The van der Waals surface area contributed by atoms with E-state index < -0.39 is 0 Å². The molecule has 0 aliphatic carbocycles. The molecule has 2 aromatic heterocycles. The van der Waals surface area contributed by atoms with Gasteiger partial charge in [-0.2, -0.15) is 10.1 Å². The molecule has 0 spiro atoms. The van der Waals surface area contributed by atoms with Crippen LogP contribution in [0.4, 0.5) is 0 Å². The van der Waals surface area contributed by atoms with Crippen molar-refractivity contribution in [2.24, 2.45) is 0 Å². The van der Waals surface area contributed by atoms with Crippen molar-refractivity contribution in [2.45, 2.75) is 46.0 Å². The van der Waals surface area contributed by atoms with Crippen molar-refractivity contribution in [1.29, 1.82) is 0 Å². The van der Waals surface area contributed by atoms with Gasteiger partial charge in [0.15, 0.2) is 0 Å². The van der Waals surface area contributed by atoms with Gasteiger partial charge >= 0.3 is 0 Å². The fraction of sp³-hybridized carbons (Fsp3) is 0.400. The second-order valence-corrected chi connectivity index (χ2v) is 6.68. The minimum Gasteiger partial charge on any atom is -0.356 e. The molecule has 3 aromatic rings. The van der Waals surface area contributed by atoms with Crippen molar-refractivity contribution in [3.63, 3.8) is 0 Å². The van der Waals surface area contributed by atoms with Crippen LogP contribution in [0.3, 0.4) is 0 Å². The first kappa shape index (κ1) is 18.0. The molecule has 6 heteroatoms. The number of hydrogen-bond donors (Lipinski definition) is 1. The topological polar surface area (TPSA) is 72.2 Å². The van der Waals surface area contributed by atoms with Gasteiger partial charge < -0.3 is 5.32 Å². The van der Waals surface area contributed by atoms with E-state index in [9.17, 15) is 4.79 Å². The molecule has 0 bridgehead atoms. The van der Waals surface area contributed by atoms with Gasteiger partial charge in [-0.25, -0.2) is 9.50 Å². The van der Waals surface area contributed by atoms with Crippen LogP contribution in [-0.4, -0.2) is 32.0 Å². The summed E-state index contributed by atoms with van der Waals surface area (Å²) in [5.41, 5.74) is 4.28. The number of amides is 1. The van der Waals surface area contributed by atoms with Crippen molar-refractivity contribution in [3.8, 4) is 0 Å². The maximum atomic E-state index is 12.2. The molecule has 136 valence electrons. The Hall–Kier alpha value is -2.76. The minimum atomic E-state index is 0.0720. The van der Waals surface area contributed by atoms with Crippen LogP contribution in [0.2, 0.25) is 0 Å². The first-order chi connectivity index (χ1) is 12.6. The van der Waals surface area contributed by atoms with Crippen molar-refractivity contribution < 1.29 is 4.79 Å². The van der Waals surface area contributed by atoms with Crippen LogP contribution in [0, 0.1) is 13.8 Å². The lowest BCUT2D eigenvalue weighted by atomic mass is 9.98. The van der Waals surface area contributed by atoms with E-state index in [0.717, 1.165) is 23.4 Å². The lowest BCUT2D eigenvalue weighted by molar-refractivity contribution is -0.121. The lowest BCUT2D eigenvalue weighted by Gasteiger charge is -2.13. The summed E-state index contributed by atoms with van der Waals surface area (Å²) in [4.78, 5) is 20.8. The number of aromatic nitrogens is 4. The molecule has 3 rings (SSSR count). The Morgan fingerprint density at radius 3 is 2.77 bits per heavy atom. The summed E-state index contributed by atoms with van der Waals surface area (Å²) in [6, 6.07) is 10.4. The Morgan fingerprint density at radius 1 is 1.23 bits per heavy atom. The Morgan fingerprint density at radius 2 is 2.00 bits per heavy atom. The van der Waals surface area contributed by atoms with E-state index in [2.05, 4.69) is 51.6 Å². The monoisotopic (exact) mass is 351 g/mol. The predicted molar refractivity (Wildman–Crippen MR) is 101 cm³/mol. The van der Waals surface area contributed by atoms with Crippen molar-refractivity contribution in [1.82, 2.24) is 24.9 Å². The second kappa shape index (κ2) is 8.08. The zero-order valence-electron chi connectivity index (χ0n) is 15.6. The fourth-order valence-corrected chi connectivity index (χ4v) is 3.22. The van der Waals surface area contributed by atoms with Crippen molar-refractivity contribution >= 4 is 11.7 Å². The molecule has 0 saturated carbocycles. The van der Waals surface area contributed by atoms with E-state index in [1.807, 2.05) is 19.9 Å². The molecular formula is C20H25N5O.